The molecule has 0 aliphatic carbocycles. The number of hydrogen-bond donors (Lipinski definition) is 0. The first-order valence-corrected chi connectivity index (χ1v) is 9.13. The Labute approximate surface area is 160 Å². The minimum absolute atomic E-state index is 0.0930. The van der Waals surface area contributed by atoms with Crippen molar-refractivity contribution in [3.05, 3.63) is 59.0 Å². The fraction of sp³-hybridized carbons (Fsp3) is 0.318. The van der Waals surface area contributed by atoms with E-state index < -0.39 is 0 Å². The monoisotopic (exact) mass is 360 g/mol. The first-order chi connectivity index (χ1) is 12.8. The largest absolute Gasteiger partial charge is 0.449 e. The van der Waals surface area contributed by atoms with Crippen LogP contribution in [-0.2, 0) is 5.41 Å². The highest BCUT2D eigenvalue weighted by Gasteiger charge is 2.30. The van der Waals surface area contributed by atoms with E-state index in [0.717, 1.165) is 28.5 Å². The second-order valence-corrected chi connectivity index (χ2v) is 8.22. The molecule has 138 valence electrons. The summed E-state index contributed by atoms with van der Waals surface area (Å²) in [5.74, 6) is 2.19. The van der Waals surface area contributed by atoms with Gasteiger partial charge in [-0.05, 0) is 54.5 Å². The van der Waals surface area contributed by atoms with Crippen LogP contribution in [-0.4, -0.2) is 15.2 Å². The van der Waals surface area contributed by atoms with Crippen LogP contribution in [0.2, 0.25) is 0 Å². The Morgan fingerprint density at radius 2 is 1.52 bits per heavy atom. The van der Waals surface area contributed by atoms with Gasteiger partial charge in [-0.15, -0.1) is 0 Å². The first-order valence-electron chi connectivity index (χ1n) is 9.13. The molecule has 2 aromatic heterocycles. The van der Waals surface area contributed by atoms with Crippen LogP contribution in [0.5, 0.6) is 11.5 Å². The van der Waals surface area contributed by atoms with E-state index in [1.807, 2.05) is 19.2 Å². The third-order valence-electron chi connectivity index (χ3n) is 4.90. The van der Waals surface area contributed by atoms with Crippen LogP contribution < -0.4 is 9.64 Å². The zero-order valence-corrected chi connectivity index (χ0v) is 16.7. The van der Waals surface area contributed by atoms with Crippen LogP contribution in [0.15, 0.2) is 36.8 Å². The predicted octanol–water partition coefficient (Wildman–Crippen LogP) is 5.67. The molecule has 0 N–H and O–H groups in total. The number of anilines is 3. The number of benzene rings is 1. The lowest BCUT2D eigenvalue weighted by molar-refractivity contribution is 0.469. The van der Waals surface area contributed by atoms with Gasteiger partial charge >= 0.3 is 0 Å². The van der Waals surface area contributed by atoms with E-state index in [2.05, 4.69) is 66.8 Å². The summed E-state index contributed by atoms with van der Waals surface area (Å²) in [5, 5.41) is 8.07. The molecule has 0 bridgehead atoms. The molecule has 0 saturated heterocycles. The maximum absolute atomic E-state index is 6.06. The zero-order chi connectivity index (χ0) is 19.3. The van der Waals surface area contributed by atoms with Gasteiger partial charge in [0.25, 0.3) is 0 Å². The Morgan fingerprint density at radius 1 is 0.852 bits per heavy atom. The molecule has 0 saturated carbocycles. The molecule has 3 heterocycles. The Morgan fingerprint density at radius 3 is 2.19 bits per heavy atom. The van der Waals surface area contributed by atoms with Crippen LogP contribution in [0.25, 0.3) is 0 Å². The summed E-state index contributed by atoms with van der Waals surface area (Å²) >= 11 is 0. The average Bonchev–Trinajstić information content (AvgIpc) is 2.59. The van der Waals surface area contributed by atoms with Gasteiger partial charge in [-0.3, -0.25) is 4.90 Å². The quantitative estimate of drug-likeness (QED) is 0.438. The molecule has 0 atom stereocenters. The van der Waals surface area contributed by atoms with E-state index in [0.29, 0.717) is 5.75 Å². The van der Waals surface area contributed by atoms with E-state index in [1.54, 1.807) is 12.4 Å². The standard InChI is InChI=1S/C22H24N4O/c1-13-7-18-21(23-10-13)26(17-11-24-25-12-19(17)27-18)20-14(2)8-16(9-15(20)3)22(4,5)6/h7-12H,1-6H3. The van der Waals surface area contributed by atoms with Gasteiger partial charge < -0.3 is 4.74 Å². The van der Waals surface area contributed by atoms with Crippen LogP contribution in [0.4, 0.5) is 17.2 Å². The molecule has 1 aliphatic rings. The smallest absolute Gasteiger partial charge is 0.181 e. The van der Waals surface area contributed by atoms with Gasteiger partial charge in [0.05, 0.1) is 18.1 Å². The Bertz CT molecular complexity index is 1010. The third-order valence-corrected chi connectivity index (χ3v) is 4.90. The maximum atomic E-state index is 6.06. The van der Waals surface area contributed by atoms with Crippen molar-refractivity contribution in [2.45, 2.75) is 47.0 Å². The van der Waals surface area contributed by atoms with E-state index in [4.69, 9.17) is 4.74 Å². The van der Waals surface area contributed by atoms with Gasteiger partial charge in [0.1, 0.15) is 5.69 Å². The molecule has 27 heavy (non-hydrogen) atoms. The number of hydrogen-bond acceptors (Lipinski definition) is 5. The lowest BCUT2D eigenvalue weighted by Gasteiger charge is -2.34. The summed E-state index contributed by atoms with van der Waals surface area (Å²) in [6.45, 7) is 13.0. The van der Waals surface area contributed by atoms with Crippen molar-refractivity contribution in [3.63, 3.8) is 0 Å². The Hall–Kier alpha value is -2.95. The summed E-state index contributed by atoms with van der Waals surface area (Å²) in [7, 11) is 0. The van der Waals surface area contributed by atoms with Gasteiger partial charge in [0.15, 0.2) is 17.3 Å². The van der Waals surface area contributed by atoms with Crippen molar-refractivity contribution in [3.8, 4) is 11.5 Å². The third kappa shape index (κ3) is 2.93. The zero-order valence-electron chi connectivity index (χ0n) is 16.7. The lowest BCUT2D eigenvalue weighted by atomic mass is 9.84. The number of pyridine rings is 1. The Kier molecular flexibility index (Phi) is 3.91. The SMILES string of the molecule is Cc1cnc2c(c1)Oc1cnncc1N2c1c(C)cc(C(C)(C)C)cc1C. The van der Waals surface area contributed by atoms with Crippen LogP contribution >= 0.6 is 0 Å². The van der Waals surface area contributed by atoms with Gasteiger partial charge in [-0.1, -0.05) is 32.9 Å². The Balaban J connectivity index is 1.97. The topological polar surface area (TPSA) is 51.1 Å². The lowest BCUT2D eigenvalue weighted by Crippen LogP contribution is -2.21. The number of fused-ring (bicyclic) bond motifs is 2. The molecule has 5 nitrogen and oxygen atoms in total. The highest BCUT2D eigenvalue weighted by atomic mass is 16.5. The van der Waals surface area contributed by atoms with E-state index in [9.17, 15) is 0 Å². The summed E-state index contributed by atoms with van der Waals surface area (Å²) in [6, 6.07) is 6.53. The number of aromatic nitrogens is 3. The summed E-state index contributed by atoms with van der Waals surface area (Å²) < 4.78 is 6.06. The number of aryl methyl sites for hydroxylation is 3. The molecule has 1 aromatic carbocycles. The molecule has 0 amide bonds. The van der Waals surface area contributed by atoms with Crippen molar-refractivity contribution < 1.29 is 4.74 Å². The highest BCUT2D eigenvalue weighted by molar-refractivity contribution is 5.86. The molecule has 0 unspecified atom stereocenters. The molecule has 0 spiro atoms. The van der Waals surface area contributed by atoms with Crippen LogP contribution in [0, 0.1) is 20.8 Å². The van der Waals surface area contributed by atoms with Gasteiger partial charge in [-0.25, -0.2) is 4.98 Å². The normalized spacial score (nSPS) is 13.0. The van der Waals surface area contributed by atoms with Gasteiger partial charge in [0, 0.05) is 6.20 Å². The fourth-order valence-electron chi connectivity index (χ4n) is 3.53. The van der Waals surface area contributed by atoms with Crippen LogP contribution in [0.3, 0.4) is 0 Å². The summed E-state index contributed by atoms with van der Waals surface area (Å²) in [4.78, 5) is 6.82. The van der Waals surface area contributed by atoms with Crippen molar-refractivity contribution >= 4 is 17.2 Å². The molecule has 0 fully saturated rings. The van der Waals surface area contributed by atoms with E-state index >= 15 is 0 Å². The molecule has 0 radical (unpaired) electrons. The van der Waals surface area contributed by atoms with E-state index in [-0.39, 0.29) is 5.41 Å². The molecule has 5 heteroatoms. The van der Waals surface area contributed by atoms with Crippen molar-refractivity contribution in [1.29, 1.82) is 0 Å². The average molecular weight is 360 g/mol. The van der Waals surface area contributed by atoms with E-state index in [1.165, 1.54) is 16.7 Å². The van der Waals surface area contributed by atoms with Crippen molar-refractivity contribution in [2.75, 3.05) is 4.90 Å². The first kappa shape index (κ1) is 17.5. The summed E-state index contributed by atoms with van der Waals surface area (Å²) in [6.07, 6.45) is 5.25. The molecular weight excluding hydrogens is 336 g/mol. The molecule has 3 aromatic rings. The van der Waals surface area contributed by atoms with Gasteiger partial charge in [-0.2, -0.15) is 10.2 Å². The van der Waals surface area contributed by atoms with Crippen molar-refractivity contribution in [1.82, 2.24) is 15.2 Å². The predicted molar refractivity (Wildman–Crippen MR) is 107 cm³/mol. The number of rotatable bonds is 1. The minimum atomic E-state index is 0.0930. The maximum Gasteiger partial charge on any atom is 0.181 e. The fourth-order valence-corrected chi connectivity index (χ4v) is 3.53. The van der Waals surface area contributed by atoms with Crippen LogP contribution in [0.1, 0.15) is 43.0 Å². The van der Waals surface area contributed by atoms with Gasteiger partial charge in [0.2, 0.25) is 0 Å². The molecule has 4 rings (SSSR count). The molecular formula is C22H24N4O. The molecule has 1 aliphatic heterocycles. The van der Waals surface area contributed by atoms with Crippen molar-refractivity contribution in [2.24, 2.45) is 0 Å². The second-order valence-electron chi connectivity index (χ2n) is 8.22. The highest BCUT2D eigenvalue weighted by Crippen LogP contribution is 2.50. The minimum Gasteiger partial charge on any atom is -0.449 e. The number of ether oxygens (including phenoxy) is 1. The second kappa shape index (κ2) is 6.05. The summed E-state index contributed by atoms with van der Waals surface area (Å²) in [5.41, 5.74) is 6.81. The number of nitrogens with zero attached hydrogens (tertiary/aromatic N) is 4.